The van der Waals surface area contributed by atoms with Gasteiger partial charge in [-0.2, -0.15) is 0 Å². The Kier molecular flexibility index (Phi) is 6.58. The van der Waals surface area contributed by atoms with E-state index in [1.165, 1.54) is 11.3 Å². The second kappa shape index (κ2) is 9.53. The highest BCUT2D eigenvalue weighted by Crippen LogP contribution is 2.39. The topological polar surface area (TPSA) is 64.1 Å². The van der Waals surface area contributed by atoms with E-state index in [4.69, 9.17) is 19.2 Å². The Morgan fingerprint density at radius 1 is 1.10 bits per heavy atom. The number of methoxy groups -OCH3 is 1. The van der Waals surface area contributed by atoms with Gasteiger partial charge in [0.05, 0.1) is 17.3 Å². The van der Waals surface area contributed by atoms with Gasteiger partial charge in [-0.1, -0.05) is 31.3 Å². The van der Waals surface area contributed by atoms with E-state index in [-0.39, 0.29) is 5.91 Å². The van der Waals surface area contributed by atoms with Crippen LogP contribution in [0.25, 0.3) is 10.2 Å². The van der Waals surface area contributed by atoms with Crippen molar-refractivity contribution in [3.8, 4) is 17.2 Å². The molecule has 0 radical (unpaired) electrons. The SMILES string of the molecule is CCN(CC)CCN(C(=O)c1cccc(OC)c1)c1nc2cc3c(cc2s1)OCCO3. The number of carbonyl (C=O) groups excluding carboxylic acids is 1. The Morgan fingerprint density at radius 3 is 2.55 bits per heavy atom. The third-order valence-electron chi connectivity index (χ3n) is 5.37. The van der Waals surface area contributed by atoms with E-state index in [0.717, 1.165) is 35.6 Å². The van der Waals surface area contributed by atoms with Crippen LogP contribution in [0.4, 0.5) is 5.13 Å². The van der Waals surface area contributed by atoms with Crippen molar-refractivity contribution in [1.82, 2.24) is 9.88 Å². The first kappa shape index (κ1) is 21.4. The van der Waals surface area contributed by atoms with Crippen molar-refractivity contribution in [3.05, 3.63) is 42.0 Å². The fourth-order valence-electron chi connectivity index (χ4n) is 3.55. The van der Waals surface area contributed by atoms with Gasteiger partial charge in [-0.3, -0.25) is 9.69 Å². The summed E-state index contributed by atoms with van der Waals surface area (Å²) >= 11 is 1.49. The summed E-state index contributed by atoms with van der Waals surface area (Å²) < 4.78 is 17.7. The number of fused-ring (bicyclic) bond motifs is 2. The fraction of sp³-hybridized carbons (Fsp3) is 0.391. The van der Waals surface area contributed by atoms with Gasteiger partial charge < -0.3 is 19.1 Å². The summed E-state index contributed by atoms with van der Waals surface area (Å²) in [5, 5.41) is 0.664. The lowest BCUT2D eigenvalue weighted by Gasteiger charge is -2.24. The molecule has 1 aliphatic heterocycles. The molecule has 164 valence electrons. The minimum atomic E-state index is -0.0950. The fourth-order valence-corrected chi connectivity index (χ4v) is 4.55. The molecule has 0 N–H and O–H groups in total. The number of likely N-dealkylation sites (N-methyl/N-ethyl adjacent to an activating group) is 1. The summed E-state index contributed by atoms with van der Waals surface area (Å²) in [6, 6.07) is 11.1. The molecule has 31 heavy (non-hydrogen) atoms. The second-order valence-electron chi connectivity index (χ2n) is 7.18. The van der Waals surface area contributed by atoms with Crippen molar-refractivity contribution in [2.45, 2.75) is 13.8 Å². The van der Waals surface area contributed by atoms with Crippen LogP contribution >= 0.6 is 11.3 Å². The first-order valence-corrected chi connectivity index (χ1v) is 11.3. The van der Waals surface area contributed by atoms with E-state index in [0.29, 0.717) is 42.0 Å². The van der Waals surface area contributed by atoms with Gasteiger partial charge in [0.15, 0.2) is 16.6 Å². The molecule has 4 rings (SSSR count). The maximum atomic E-state index is 13.5. The standard InChI is InChI=1S/C23H27N3O4S/c1-4-25(5-2)9-10-26(22(27)16-7-6-8-17(13-16)28-3)23-24-18-14-19-20(15-21(18)31-23)30-12-11-29-19/h6-8,13-15H,4-5,9-12H2,1-3H3. The lowest BCUT2D eigenvalue weighted by molar-refractivity contribution is 0.0983. The van der Waals surface area contributed by atoms with Crippen LogP contribution in [-0.2, 0) is 0 Å². The van der Waals surface area contributed by atoms with E-state index >= 15 is 0 Å². The zero-order chi connectivity index (χ0) is 21.8. The Hall–Kier alpha value is -2.84. The normalized spacial score (nSPS) is 12.9. The van der Waals surface area contributed by atoms with Crippen LogP contribution in [0.2, 0.25) is 0 Å². The van der Waals surface area contributed by atoms with Crippen molar-refractivity contribution in [3.63, 3.8) is 0 Å². The molecular formula is C23H27N3O4S. The predicted molar refractivity (Wildman–Crippen MR) is 123 cm³/mol. The van der Waals surface area contributed by atoms with Crippen LogP contribution in [0.5, 0.6) is 17.2 Å². The third-order valence-corrected chi connectivity index (χ3v) is 6.41. The van der Waals surface area contributed by atoms with Gasteiger partial charge in [0.2, 0.25) is 0 Å². The highest BCUT2D eigenvalue weighted by molar-refractivity contribution is 7.22. The summed E-state index contributed by atoms with van der Waals surface area (Å²) in [5.41, 5.74) is 1.37. The second-order valence-corrected chi connectivity index (χ2v) is 8.18. The third kappa shape index (κ3) is 4.60. The molecule has 7 nitrogen and oxygen atoms in total. The first-order chi connectivity index (χ1) is 15.1. The number of hydrogen-bond acceptors (Lipinski definition) is 7. The molecule has 0 saturated carbocycles. The summed E-state index contributed by atoms with van der Waals surface area (Å²) in [4.78, 5) is 22.3. The van der Waals surface area contributed by atoms with Crippen molar-refractivity contribution in [2.24, 2.45) is 0 Å². The largest absolute Gasteiger partial charge is 0.497 e. The number of ether oxygens (including phenoxy) is 3. The maximum Gasteiger partial charge on any atom is 0.260 e. The van der Waals surface area contributed by atoms with Gasteiger partial charge in [0.25, 0.3) is 5.91 Å². The van der Waals surface area contributed by atoms with Gasteiger partial charge in [-0.05, 0) is 31.3 Å². The Labute approximate surface area is 186 Å². The molecule has 0 aliphatic carbocycles. The van der Waals surface area contributed by atoms with E-state index in [1.807, 2.05) is 30.3 Å². The van der Waals surface area contributed by atoms with Gasteiger partial charge in [-0.25, -0.2) is 4.98 Å². The molecule has 0 saturated heterocycles. The summed E-state index contributed by atoms with van der Waals surface area (Å²) in [6.45, 7) is 8.48. The van der Waals surface area contributed by atoms with Gasteiger partial charge in [0, 0.05) is 30.8 Å². The van der Waals surface area contributed by atoms with E-state index in [9.17, 15) is 4.79 Å². The van der Waals surface area contributed by atoms with Crippen molar-refractivity contribution >= 4 is 32.6 Å². The number of benzene rings is 2. The lowest BCUT2D eigenvalue weighted by atomic mass is 10.2. The van der Waals surface area contributed by atoms with Crippen molar-refractivity contribution in [2.75, 3.05) is 51.4 Å². The van der Waals surface area contributed by atoms with Gasteiger partial charge in [-0.15, -0.1) is 0 Å². The molecular weight excluding hydrogens is 414 g/mol. The minimum Gasteiger partial charge on any atom is -0.497 e. The molecule has 0 bridgehead atoms. The van der Waals surface area contributed by atoms with E-state index in [2.05, 4.69) is 18.7 Å². The quantitative estimate of drug-likeness (QED) is 0.525. The molecule has 8 heteroatoms. The molecule has 2 heterocycles. The first-order valence-electron chi connectivity index (χ1n) is 10.5. The number of carbonyl (C=O) groups is 1. The minimum absolute atomic E-state index is 0.0950. The lowest BCUT2D eigenvalue weighted by Crippen LogP contribution is -2.38. The predicted octanol–water partition coefficient (Wildman–Crippen LogP) is 4.06. The van der Waals surface area contributed by atoms with Gasteiger partial charge in [0.1, 0.15) is 19.0 Å². The molecule has 0 fully saturated rings. The summed E-state index contributed by atoms with van der Waals surface area (Å²) in [6.07, 6.45) is 0. The van der Waals surface area contributed by atoms with Crippen molar-refractivity contribution in [1.29, 1.82) is 0 Å². The zero-order valence-corrected chi connectivity index (χ0v) is 18.9. The average molecular weight is 442 g/mol. The number of anilines is 1. The molecule has 1 aromatic heterocycles. The van der Waals surface area contributed by atoms with Crippen LogP contribution < -0.4 is 19.1 Å². The van der Waals surface area contributed by atoms with Crippen LogP contribution in [-0.4, -0.2) is 62.3 Å². The summed E-state index contributed by atoms with van der Waals surface area (Å²) in [5.74, 6) is 1.98. The maximum absolute atomic E-state index is 13.5. The van der Waals surface area contributed by atoms with Crippen LogP contribution in [0, 0.1) is 0 Å². The number of thiazole rings is 1. The number of aromatic nitrogens is 1. The molecule has 3 aromatic rings. The Morgan fingerprint density at radius 2 is 1.84 bits per heavy atom. The highest BCUT2D eigenvalue weighted by Gasteiger charge is 2.23. The monoisotopic (exact) mass is 441 g/mol. The van der Waals surface area contributed by atoms with Crippen LogP contribution in [0.15, 0.2) is 36.4 Å². The number of amides is 1. The van der Waals surface area contributed by atoms with E-state index < -0.39 is 0 Å². The van der Waals surface area contributed by atoms with Crippen LogP contribution in [0.1, 0.15) is 24.2 Å². The number of hydrogen-bond donors (Lipinski definition) is 0. The molecule has 1 aliphatic rings. The molecule has 2 aromatic carbocycles. The van der Waals surface area contributed by atoms with E-state index in [1.54, 1.807) is 18.1 Å². The molecule has 1 amide bonds. The smallest absolute Gasteiger partial charge is 0.260 e. The number of rotatable bonds is 8. The van der Waals surface area contributed by atoms with Crippen LogP contribution in [0.3, 0.4) is 0 Å². The van der Waals surface area contributed by atoms with Gasteiger partial charge >= 0.3 is 0 Å². The zero-order valence-electron chi connectivity index (χ0n) is 18.1. The molecule has 0 unspecified atom stereocenters. The number of nitrogens with zero attached hydrogens (tertiary/aromatic N) is 3. The Bertz CT molecular complexity index is 1020. The highest BCUT2D eigenvalue weighted by atomic mass is 32.1. The molecule has 0 spiro atoms. The molecule has 0 atom stereocenters. The Balaban J connectivity index is 1.69. The van der Waals surface area contributed by atoms with Crippen molar-refractivity contribution < 1.29 is 19.0 Å². The average Bonchev–Trinajstić information content (AvgIpc) is 3.22. The summed E-state index contributed by atoms with van der Waals surface area (Å²) in [7, 11) is 1.60.